The van der Waals surface area contributed by atoms with Crippen molar-refractivity contribution in [1.29, 1.82) is 0 Å². The van der Waals surface area contributed by atoms with Gasteiger partial charge >= 0.3 is 0 Å². The van der Waals surface area contributed by atoms with Gasteiger partial charge in [-0.25, -0.2) is 5.43 Å². The molecule has 22 heavy (non-hydrogen) atoms. The summed E-state index contributed by atoms with van der Waals surface area (Å²) in [4.78, 5) is 11.6. The Morgan fingerprint density at radius 2 is 1.95 bits per heavy atom. The van der Waals surface area contributed by atoms with Crippen molar-refractivity contribution < 1.29 is 9.53 Å². The standard InChI is InChI=1S/C16H14Cl2N2O2/c1-11-2-6-14(7-3-11)22-10-16(21)20-19-9-12-4-5-13(17)8-15(12)18/h2-9H,10H2,1H3,(H,20,21). The summed E-state index contributed by atoms with van der Waals surface area (Å²) in [6.07, 6.45) is 1.45. The first-order chi connectivity index (χ1) is 10.5. The molecule has 0 radical (unpaired) electrons. The summed E-state index contributed by atoms with van der Waals surface area (Å²) in [5.41, 5.74) is 4.15. The van der Waals surface area contributed by atoms with Crippen molar-refractivity contribution in [3.8, 4) is 5.75 Å². The number of hydrogen-bond donors (Lipinski definition) is 1. The lowest BCUT2D eigenvalue weighted by Gasteiger charge is -2.05. The number of nitrogens with zero attached hydrogens (tertiary/aromatic N) is 1. The van der Waals surface area contributed by atoms with Gasteiger partial charge in [0.05, 0.1) is 11.2 Å². The Bertz CT molecular complexity index is 685. The Kier molecular flexibility index (Phi) is 5.81. The molecule has 0 atom stereocenters. The number of ether oxygens (including phenoxy) is 1. The minimum Gasteiger partial charge on any atom is -0.484 e. The summed E-state index contributed by atoms with van der Waals surface area (Å²) in [7, 11) is 0. The second kappa shape index (κ2) is 7.82. The topological polar surface area (TPSA) is 50.7 Å². The van der Waals surface area contributed by atoms with Crippen molar-refractivity contribution in [2.75, 3.05) is 6.61 Å². The maximum atomic E-state index is 11.6. The molecule has 0 unspecified atom stereocenters. The molecule has 2 rings (SSSR count). The van der Waals surface area contributed by atoms with Gasteiger partial charge in [0.15, 0.2) is 6.61 Å². The smallest absolute Gasteiger partial charge is 0.277 e. The van der Waals surface area contributed by atoms with E-state index in [1.165, 1.54) is 6.21 Å². The molecule has 4 nitrogen and oxygen atoms in total. The van der Waals surface area contributed by atoms with Crippen molar-refractivity contribution in [1.82, 2.24) is 5.43 Å². The monoisotopic (exact) mass is 336 g/mol. The Morgan fingerprint density at radius 1 is 1.23 bits per heavy atom. The molecule has 0 fully saturated rings. The van der Waals surface area contributed by atoms with Crippen molar-refractivity contribution in [2.24, 2.45) is 5.10 Å². The average Bonchev–Trinajstić information content (AvgIpc) is 2.49. The van der Waals surface area contributed by atoms with E-state index in [-0.39, 0.29) is 12.5 Å². The minimum absolute atomic E-state index is 0.116. The van der Waals surface area contributed by atoms with E-state index in [0.717, 1.165) is 5.56 Å². The first kappa shape index (κ1) is 16.3. The second-order valence-corrected chi connectivity index (χ2v) is 5.40. The normalized spacial score (nSPS) is 10.7. The van der Waals surface area contributed by atoms with Gasteiger partial charge in [0.2, 0.25) is 0 Å². The van der Waals surface area contributed by atoms with Gasteiger partial charge < -0.3 is 4.74 Å². The number of amides is 1. The molecule has 0 saturated carbocycles. The number of carbonyl (C=O) groups is 1. The molecule has 6 heteroatoms. The van der Waals surface area contributed by atoms with Crippen LogP contribution in [0.15, 0.2) is 47.6 Å². The van der Waals surface area contributed by atoms with Crippen molar-refractivity contribution in [3.63, 3.8) is 0 Å². The van der Waals surface area contributed by atoms with Crippen LogP contribution in [0.3, 0.4) is 0 Å². The Morgan fingerprint density at radius 3 is 2.64 bits per heavy atom. The first-order valence-electron chi connectivity index (χ1n) is 6.51. The minimum atomic E-state index is -0.359. The average molecular weight is 337 g/mol. The van der Waals surface area contributed by atoms with Crippen LogP contribution in [-0.2, 0) is 4.79 Å². The zero-order chi connectivity index (χ0) is 15.9. The molecule has 1 N–H and O–H groups in total. The number of benzene rings is 2. The predicted molar refractivity (Wildman–Crippen MR) is 88.9 cm³/mol. The van der Waals surface area contributed by atoms with Crippen LogP contribution < -0.4 is 10.2 Å². The second-order valence-electron chi connectivity index (χ2n) is 4.56. The fourth-order valence-electron chi connectivity index (χ4n) is 1.60. The summed E-state index contributed by atoms with van der Waals surface area (Å²) >= 11 is 11.8. The molecule has 0 aliphatic heterocycles. The van der Waals surface area contributed by atoms with Crippen LogP contribution in [-0.4, -0.2) is 18.7 Å². The molecule has 0 aromatic heterocycles. The van der Waals surface area contributed by atoms with Gasteiger partial charge in [-0.15, -0.1) is 0 Å². The van der Waals surface area contributed by atoms with Crippen LogP contribution in [0.1, 0.15) is 11.1 Å². The summed E-state index contributed by atoms with van der Waals surface area (Å²) in [5.74, 6) is 0.271. The highest BCUT2D eigenvalue weighted by molar-refractivity contribution is 6.36. The number of nitrogens with one attached hydrogen (secondary N) is 1. The number of rotatable bonds is 5. The quantitative estimate of drug-likeness (QED) is 0.666. The van der Waals surface area contributed by atoms with E-state index in [1.54, 1.807) is 30.3 Å². The van der Waals surface area contributed by atoms with Crippen LogP contribution in [0.4, 0.5) is 0 Å². The highest BCUT2D eigenvalue weighted by atomic mass is 35.5. The molecule has 1 amide bonds. The molecule has 2 aromatic carbocycles. The van der Waals surface area contributed by atoms with E-state index in [1.807, 2.05) is 19.1 Å². The zero-order valence-electron chi connectivity index (χ0n) is 11.8. The Hall–Kier alpha value is -2.04. The molecule has 0 spiro atoms. The highest BCUT2D eigenvalue weighted by Gasteiger charge is 2.02. The molecular formula is C16H14Cl2N2O2. The lowest BCUT2D eigenvalue weighted by Crippen LogP contribution is -2.24. The van der Waals surface area contributed by atoms with E-state index in [4.69, 9.17) is 27.9 Å². The van der Waals surface area contributed by atoms with Gasteiger partial charge in [0, 0.05) is 10.6 Å². The Labute approximate surface area is 138 Å². The molecule has 0 bridgehead atoms. The third kappa shape index (κ3) is 5.06. The van der Waals surface area contributed by atoms with Gasteiger partial charge in [-0.05, 0) is 31.2 Å². The molecule has 0 heterocycles. The number of carbonyl (C=O) groups excluding carboxylic acids is 1. The van der Waals surface area contributed by atoms with E-state index < -0.39 is 0 Å². The largest absolute Gasteiger partial charge is 0.484 e. The van der Waals surface area contributed by atoms with Crippen LogP contribution in [0.2, 0.25) is 10.0 Å². The molecule has 114 valence electrons. The van der Waals surface area contributed by atoms with Gasteiger partial charge in [-0.2, -0.15) is 5.10 Å². The number of aryl methyl sites for hydroxylation is 1. The Balaban J connectivity index is 1.82. The van der Waals surface area contributed by atoms with Gasteiger partial charge in [-0.3, -0.25) is 4.79 Å². The van der Waals surface area contributed by atoms with E-state index in [2.05, 4.69) is 10.5 Å². The van der Waals surface area contributed by atoms with Gasteiger partial charge in [0.25, 0.3) is 5.91 Å². The molecular weight excluding hydrogens is 323 g/mol. The maximum absolute atomic E-state index is 11.6. The summed E-state index contributed by atoms with van der Waals surface area (Å²) in [5, 5.41) is 4.83. The fourth-order valence-corrected chi connectivity index (χ4v) is 2.05. The zero-order valence-corrected chi connectivity index (χ0v) is 13.4. The first-order valence-corrected chi connectivity index (χ1v) is 7.26. The fraction of sp³-hybridized carbons (Fsp3) is 0.125. The maximum Gasteiger partial charge on any atom is 0.277 e. The number of hydrogen-bond acceptors (Lipinski definition) is 3. The number of halogens is 2. The molecule has 0 saturated heterocycles. The van der Waals surface area contributed by atoms with E-state index in [0.29, 0.717) is 21.4 Å². The van der Waals surface area contributed by atoms with Gasteiger partial charge in [-0.1, -0.05) is 47.0 Å². The van der Waals surface area contributed by atoms with Crippen molar-refractivity contribution >= 4 is 35.3 Å². The lowest BCUT2D eigenvalue weighted by atomic mass is 10.2. The highest BCUT2D eigenvalue weighted by Crippen LogP contribution is 2.19. The van der Waals surface area contributed by atoms with Crippen LogP contribution in [0.25, 0.3) is 0 Å². The van der Waals surface area contributed by atoms with Gasteiger partial charge in [0.1, 0.15) is 5.75 Å². The summed E-state index contributed by atoms with van der Waals surface area (Å²) in [6, 6.07) is 12.4. The summed E-state index contributed by atoms with van der Waals surface area (Å²) in [6.45, 7) is 1.86. The SMILES string of the molecule is Cc1ccc(OCC(=O)NN=Cc2ccc(Cl)cc2Cl)cc1. The van der Waals surface area contributed by atoms with Crippen LogP contribution >= 0.6 is 23.2 Å². The van der Waals surface area contributed by atoms with Crippen molar-refractivity contribution in [2.45, 2.75) is 6.92 Å². The molecule has 0 aliphatic carbocycles. The van der Waals surface area contributed by atoms with E-state index in [9.17, 15) is 4.79 Å². The molecule has 0 aliphatic rings. The third-order valence-electron chi connectivity index (χ3n) is 2.75. The number of hydrazone groups is 1. The predicted octanol–water partition coefficient (Wildman–Crippen LogP) is 3.83. The van der Waals surface area contributed by atoms with Crippen molar-refractivity contribution in [3.05, 3.63) is 63.6 Å². The van der Waals surface area contributed by atoms with Crippen LogP contribution in [0.5, 0.6) is 5.75 Å². The molecule has 2 aromatic rings. The third-order valence-corrected chi connectivity index (χ3v) is 3.31. The lowest BCUT2D eigenvalue weighted by molar-refractivity contribution is -0.123. The summed E-state index contributed by atoms with van der Waals surface area (Å²) < 4.78 is 5.34. The van der Waals surface area contributed by atoms with E-state index >= 15 is 0 Å². The van der Waals surface area contributed by atoms with Crippen LogP contribution in [0, 0.1) is 6.92 Å².